The summed E-state index contributed by atoms with van der Waals surface area (Å²) in [5.41, 5.74) is 2.66. The summed E-state index contributed by atoms with van der Waals surface area (Å²) in [7, 11) is 3.28. The van der Waals surface area contributed by atoms with Crippen LogP contribution in [-0.4, -0.2) is 83.6 Å². The number of likely N-dealkylation sites (tertiary alicyclic amines) is 1. The van der Waals surface area contributed by atoms with Gasteiger partial charge in [-0.1, -0.05) is 12.1 Å². The van der Waals surface area contributed by atoms with Crippen LogP contribution in [0.5, 0.6) is 5.88 Å². The molecule has 2 aliphatic rings. The van der Waals surface area contributed by atoms with Crippen LogP contribution in [0.2, 0.25) is 0 Å². The predicted octanol–water partition coefficient (Wildman–Crippen LogP) is 3.85. The van der Waals surface area contributed by atoms with E-state index in [1.165, 1.54) is 6.07 Å². The van der Waals surface area contributed by atoms with Crippen LogP contribution in [0.3, 0.4) is 0 Å². The van der Waals surface area contributed by atoms with Gasteiger partial charge in [-0.2, -0.15) is 10.1 Å². The zero-order valence-electron chi connectivity index (χ0n) is 21.5. The molecule has 9 nitrogen and oxygen atoms in total. The number of aromatic nitrogens is 3. The van der Waals surface area contributed by atoms with E-state index in [4.69, 9.17) is 14.5 Å². The minimum atomic E-state index is -0.377. The Morgan fingerprint density at radius 1 is 1.16 bits per heavy atom. The average Bonchev–Trinajstić information content (AvgIpc) is 3.54. The van der Waals surface area contributed by atoms with Crippen molar-refractivity contribution in [2.45, 2.75) is 31.8 Å². The number of ether oxygens (including phenoxy) is 2. The minimum Gasteiger partial charge on any atom is -0.480 e. The normalized spacial score (nSPS) is 17.7. The summed E-state index contributed by atoms with van der Waals surface area (Å²) < 4.78 is 25.2. The summed E-state index contributed by atoms with van der Waals surface area (Å²) in [6.07, 6.45) is 5.11. The lowest BCUT2D eigenvalue weighted by atomic mass is 9.86. The highest BCUT2D eigenvalue weighted by Crippen LogP contribution is 2.40. The first kappa shape index (κ1) is 25.2. The van der Waals surface area contributed by atoms with Gasteiger partial charge in [0.1, 0.15) is 11.6 Å². The highest BCUT2D eigenvalue weighted by atomic mass is 19.1. The van der Waals surface area contributed by atoms with Crippen LogP contribution in [0.15, 0.2) is 42.7 Å². The van der Waals surface area contributed by atoms with Gasteiger partial charge in [-0.25, -0.2) is 9.18 Å². The molecular weight excluding hydrogens is 475 g/mol. The first-order chi connectivity index (χ1) is 18.0. The van der Waals surface area contributed by atoms with Gasteiger partial charge in [0.15, 0.2) is 0 Å². The third-order valence-electron chi connectivity index (χ3n) is 7.72. The molecule has 0 radical (unpaired) electrons. The Morgan fingerprint density at radius 2 is 1.97 bits per heavy atom. The number of nitrogens with one attached hydrogen (secondary N) is 1. The van der Waals surface area contributed by atoms with Gasteiger partial charge in [0.05, 0.1) is 32.0 Å². The molecule has 0 aliphatic carbocycles. The summed E-state index contributed by atoms with van der Waals surface area (Å²) in [6.45, 7) is 5.89. The van der Waals surface area contributed by atoms with E-state index >= 15 is 0 Å². The van der Waals surface area contributed by atoms with Crippen molar-refractivity contribution in [3.8, 4) is 17.0 Å². The van der Waals surface area contributed by atoms with Gasteiger partial charge in [-0.15, -0.1) is 0 Å². The maximum atomic E-state index is 14.4. The van der Waals surface area contributed by atoms with Gasteiger partial charge in [-0.05, 0) is 49.1 Å². The van der Waals surface area contributed by atoms with Gasteiger partial charge >= 0.3 is 6.03 Å². The number of nitrogens with zero attached hydrogens (tertiary/aromatic N) is 5. The molecule has 5 rings (SSSR count). The maximum absolute atomic E-state index is 14.4. The number of pyridine rings is 1. The molecule has 0 saturated carbocycles. The van der Waals surface area contributed by atoms with E-state index in [1.54, 1.807) is 44.5 Å². The number of methoxy groups -OCH3 is 2. The van der Waals surface area contributed by atoms with E-state index in [2.05, 4.69) is 15.1 Å². The number of rotatable bonds is 8. The number of H-pyrrole nitrogens is 1. The number of carbonyl (C=O) groups is 1. The predicted molar refractivity (Wildman–Crippen MR) is 138 cm³/mol. The zero-order chi connectivity index (χ0) is 26.0. The molecule has 196 valence electrons. The first-order valence-electron chi connectivity index (χ1n) is 12.5. The molecule has 2 aliphatic heterocycles. The topological polar surface area (TPSA) is 86.8 Å². The maximum Gasteiger partial charge on any atom is 0.326 e. The van der Waals surface area contributed by atoms with Gasteiger partial charge in [-0.3, -0.25) is 10.00 Å². The van der Waals surface area contributed by atoms with E-state index in [-0.39, 0.29) is 17.4 Å². The second-order valence-corrected chi connectivity index (χ2v) is 9.75. The van der Waals surface area contributed by atoms with Crippen molar-refractivity contribution in [1.29, 1.82) is 0 Å². The van der Waals surface area contributed by atoms with Crippen LogP contribution in [0.25, 0.3) is 11.1 Å². The van der Waals surface area contributed by atoms with E-state index in [9.17, 15) is 9.18 Å². The van der Waals surface area contributed by atoms with Gasteiger partial charge in [0.25, 0.3) is 0 Å². The molecule has 0 atom stereocenters. The number of urea groups is 1. The van der Waals surface area contributed by atoms with E-state index in [0.717, 1.165) is 49.2 Å². The fourth-order valence-corrected chi connectivity index (χ4v) is 5.40. The summed E-state index contributed by atoms with van der Waals surface area (Å²) in [5, 5.41) is 6.82. The van der Waals surface area contributed by atoms with Crippen LogP contribution >= 0.6 is 0 Å². The number of hydrogen-bond acceptors (Lipinski definition) is 6. The quantitative estimate of drug-likeness (QED) is 0.498. The molecule has 0 unspecified atom stereocenters. The molecule has 2 aromatic heterocycles. The smallest absolute Gasteiger partial charge is 0.326 e. The van der Waals surface area contributed by atoms with Crippen LogP contribution < -0.4 is 9.64 Å². The Hall–Kier alpha value is -3.50. The second kappa shape index (κ2) is 10.5. The lowest BCUT2D eigenvalue weighted by molar-refractivity contribution is 0.0582. The van der Waals surface area contributed by atoms with Crippen molar-refractivity contribution < 1.29 is 18.7 Å². The zero-order valence-corrected chi connectivity index (χ0v) is 21.5. The van der Waals surface area contributed by atoms with Crippen molar-refractivity contribution in [3.63, 3.8) is 0 Å². The van der Waals surface area contributed by atoms with Crippen molar-refractivity contribution >= 4 is 11.8 Å². The minimum absolute atomic E-state index is 0.125. The summed E-state index contributed by atoms with van der Waals surface area (Å²) in [6, 6.07) is 8.69. The lowest BCUT2D eigenvalue weighted by Crippen LogP contribution is -2.54. The fourth-order valence-electron chi connectivity index (χ4n) is 5.40. The Balaban J connectivity index is 1.47. The number of hydrogen-bond donors (Lipinski definition) is 1. The first-order valence-corrected chi connectivity index (χ1v) is 12.5. The molecule has 37 heavy (non-hydrogen) atoms. The number of carbonyl (C=O) groups excluding carboxylic acids is 1. The molecule has 2 amide bonds. The molecule has 10 heteroatoms. The second-order valence-electron chi connectivity index (χ2n) is 9.75. The van der Waals surface area contributed by atoms with Gasteiger partial charge in [0, 0.05) is 50.6 Å². The third kappa shape index (κ3) is 4.78. The van der Waals surface area contributed by atoms with E-state index in [1.807, 2.05) is 23.1 Å². The molecule has 1 aromatic carbocycles. The number of amides is 2. The molecule has 2 saturated heterocycles. The summed E-state index contributed by atoms with van der Waals surface area (Å²) >= 11 is 0. The lowest BCUT2D eigenvalue weighted by Gasteiger charge is -2.44. The largest absolute Gasteiger partial charge is 0.480 e. The number of benzene rings is 1. The summed E-state index contributed by atoms with van der Waals surface area (Å²) in [4.78, 5) is 24.7. The Labute approximate surface area is 216 Å². The molecule has 1 spiro atoms. The molecular formula is C27H33FN6O3. The van der Waals surface area contributed by atoms with E-state index < -0.39 is 0 Å². The Morgan fingerprint density at radius 3 is 2.68 bits per heavy atom. The van der Waals surface area contributed by atoms with Crippen LogP contribution in [0.1, 0.15) is 24.0 Å². The van der Waals surface area contributed by atoms with Crippen LogP contribution in [0.4, 0.5) is 15.0 Å². The van der Waals surface area contributed by atoms with Crippen molar-refractivity contribution in [3.05, 3.63) is 59.7 Å². The summed E-state index contributed by atoms with van der Waals surface area (Å²) in [5.74, 6) is 0.703. The van der Waals surface area contributed by atoms with Crippen molar-refractivity contribution in [1.82, 2.24) is 25.0 Å². The highest BCUT2D eigenvalue weighted by molar-refractivity contribution is 5.95. The molecule has 1 N–H and O–H groups in total. The molecule has 0 bridgehead atoms. The van der Waals surface area contributed by atoms with Gasteiger partial charge < -0.3 is 19.3 Å². The molecule has 4 heterocycles. The number of halogens is 1. The van der Waals surface area contributed by atoms with Crippen molar-refractivity contribution in [2.75, 3.05) is 51.9 Å². The van der Waals surface area contributed by atoms with Crippen LogP contribution in [0, 0.1) is 12.7 Å². The third-order valence-corrected chi connectivity index (χ3v) is 7.72. The number of piperidine rings is 1. The monoisotopic (exact) mass is 508 g/mol. The van der Waals surface area contributed by atoms with Crippen molar-refractivity contribution in [2.24, 2.45) is 0 Å². The van der Waals surface area contributed by atoms with E-state index in [0.29, 0.717) is 37.0 Å². The molecule has 2 fully saturated rings. The Bertz CT molecular complexity index is 1240. The molecule has 3 aromatic rings. The fraction of sp³-hybridized carbons (Fsp3) is 0.444. The SMILES string of the molecule is COCCN1CCC2(CC1)CN(c1ccc(-c3cn[nH]c3)c(OC)n1)C(=O)N2Cc1cccc(F)c1C. The number of aromatic amines is 1. The standard InChI is InChI=1S/C27H33FN6O3/c1-19-20(5-4-6-23(19)28)17-34-26(35)33(18-27(34)9-11-32(12-10-27)13-14-36-2)24-8-7-22(25(31-24)37-3)21-15-29-30-16-21/h4-8,15-16H,9-14,17-18H2,1-3H3,(H,29,30). The Kier molecular flexibility index (Phi) is 7.12. The average molecular weight is 509 g/mol. The van der Waals surface area contributed by atoms with Crippen LogP contribution in [-0.2, 0) is 11.3 Å². The number of anilines is 1. The highest BCUT2D eigenvalue weighted by Gasteiger charge is 2.51. The van der Waals surface area contributed by atoms with Gasteiger partial charge in [0.2, 0.25) is 5.88 Å².